The van der Waals surface area contributed by atoms with Crippen molar-refractivity contribution in [2.45, 2.75) is 39.0 Å². The predicted molar refractivity (Wildman–Crippen MR) is 55.2 cm³/mol. The highest BCUT2D eigenvalue weighted by molar-refractivity contribution is 7.11. The summed E-state index contributed by atoms with van der Waals surface area (Å²) < 4.78 is 0. The Morgan fingerprint density at radius 3 is 2.58 bits per heavy atom. The highest BCUT2D eigenvalue weighted by atomic mass is 35.5. The highest BCUT2D eigenvalue weighted by Crippen LogP contribution is 2.19. The molecular weight excluding hydrogens is 190 g/mol. The molecule has 0 aliphatic heterocycles. The Bertz CT molecular complexity index is 238. The summed E-state index contributed by atoms with van der Waals surface area (Å²) in [5.41, 5.74) is 1.15. The molecule has 0 amide bonds. The third-order valence-corrected chi connectivity index (χ3v) is 3.47. The van der Waals surface area contributed by atoms with Crippen molar-refractivity contribution in [1.29, 1.82) is 0 Å². The topological polar surface area (TPSA) is 12.9 Å². The summed E-state index contributed by atoms with van der Waals surface area (Å²) in [5, 5.41) is 1.42. The van der Waals surface area contributed by atoms with Crippen LogP contribution >= 0.6 is 22.9 Å². The number of alkyl halides is 1. The van der Waals surface area contributed by atoms with Crippen LogP contribution in [0.1, 0.15) is 28.9 Å². The van der Waals surface area contributed by atoms with Crippen LogP contribution in [0.4, 0.5) is 0 Å². The van der Waals surface area contributed by atoms with Crippen LogP contribution in [0, 0.1) is 13.8 Å². The number of nitrogens with zero attached hydrogens (tertiary/aromatic N) is 1. The van der Waals surface area contributed by atoms with Crippen LogP contribution in [0.2, 0.25) is 0 Å². The van der Waals surface area contributed by atoms with Gasteiger partial charge in [0.2, 0.25) is 0 Å². The third-order valence-electron chi connectivity index (χ3n) is 1.91. The average Bonchev–Trinajstić information content (AvgIpc) is 2.31. The molecule has 0 aliphatic rings. The van der Waals surface area contributed by atoms with Crippen molar-refractivity contribution in [3.05, 3.63) is 15.6 Å². The van der Waals surface area contributed by atoms with E-state index >= 15 is 0 Å². The van der Waals surface area contributed by atoms with E-state index in [1.54, 1.807) is 11.3 Å². The minimum absolute atomic E-state index is 0.245. The number of hydrogen-bond acceptors (Lipinski definition) is 2. The van der Waals surface area contributed by atoms with E-state index in [4.69, 9.17) is 11.6 Å². The van der Waals surface area contributed by atoms with Crippen LogP contribution in [0.5, 0.6) is 0 Å². The lowest BCUT2D eigenvalue weighted by molar-refractivity contribution is 0.798. The molecule has 0 N–H and O–H groups in total. The largest absolute Gasteiger partial charge is 0.246 e. The zero-order valence-corrected chi connectivity index (χ0v) is 9.30. The quantitative estimate of drug-likeness (QED) is 0.687. The molecule has 1 aromatic heterocycles. The van der Waals surface area contributed by atoms with Gasteiger partial charge in [0.25, 0.3) is 0 Å². The summed E-state index contributed by atoms with van der Waals surface area (Å²) in [6.07, 6.45) is 1.93. The van der Waals surface area contributed by atoms with Gasteiger partial charge in [0.1, 0.15) is 0 Å². The second-order valence-electron chi connectivity index (χ2n) is 2.96. The maximum atomic E-state index is 6.03. The second-order valence-corrected chi connectivity index (χ2v) is 4.86. The Morgan fingerprint density at radius 2 is 2.17 bits per heavy atom. The van der Waals surface area contributed by atoms with Gasteiger partial charge in [0.05, 0.1) is 10.7 Å². The van der Waals surface area contributed by atoms with Crippen molar-refractivity contribution in [3.8, 4) is 0 Å². The summed E-state index contributed by atoms with van der Waals surface area (Å²) in [7, 11) is 0. The molecule has 1 atom stereocenters. The van der Waals surface area contributed by atoms with Crippen LogP contribution in [0.3, 0.4) is 0 Å². The highest BCUT2D eigenvalue weighted by Gasteiger charge is 2.08. The van der Waals surface area contributed by atoms with Crippen LogP contribution in [-0.4, -0.2) is 10.4 Å². The number of thiazole rings is 1. The SMILES string of the molecule is CCC(Cl)Cc1nc(C)c(C)s1. The Morgan fingerprint density at radius 1 is 1.50 bits per heavy atom. The zero-order chi connectivity index (χ0) is 9.14. The minimum Gasteiger partial charge on any atom is -0.246 e. The lowest BCUT2D eigenvalue weighted by Crippen LogP contribution is -2.00. The number of aryl methyl sites for hydroxylation is 2. The molecule has 0 radical (unpaired) electrons. The first-order chi connectivity index (χ1) is 5.63. The lowest BCUT2D eigenvalue weighted by Gasteiger charge is -2.01. The Labute approximate surface area is 82.8 Å². The van der Waals surface area contributed by atoms with Crippen LogP contribution in [-0.2, 0) is 6.42 Å². The smallest absolute Gasteiger partial charge is 0.0945 e. The van der Waals surface area contributed by atoms with Crippen molar-refractivity contribution in [2.24, 2.45) is 0 Å². The molecule has 12 heavy (non-hydrogen) atoms. The van der Waals surface area contributed by atoms with Gasteiger partial charge in [0, 0.05) is 16.7 Å². The number of halogens is 1. The van der Waals surface area contributed by atoms with E-state index in [1.165, 1.54) is 9.88 Å². The summed E-state index contributed by atoms with van der Waals surface area (Å²) in [6, 6.07) is 0. The van der Waals surface area contributed by atoms with Crippen molar-refractivity contribution >= 4 is 22.9 Å². The van der Waals surface area contributed by atoms with Crippen molar-refractivity contribution in [1.82, 2.24) is 4.98 Å². The molecule has 0 aromatic carbocycles. The fourth-order valence-corrected chi connectivity index (χ4v) is 2.21. The molecule has 0 saturated heterocycles. The monoisotopic (exact) mass is 203 g/mol. The van der Waals surface area contributed by atoms with E-state index in [1.807, 2.05) is 6.92 Å². The molecule has 0 aliphatic carbocycles. The lowest BCUT2D eigenvalue weighted by atomic mass is 10.2. The van der Waals surface area contributed by atoms with Gasteiger partial charge in [-0.1, -0.05) is 6.92 Å². The van der Waals surface area contributed by atoms with E-state index in [9.17, 15) is 0 Å². The molecule has 0 fully saturated rings. The molecule has 1 nitrogen and oxygen atoms in total. The number of aromatic nitrogens is 1. The van der Waals surface area contributed by atoms with E-state index in [0.29, 0.717) is 0 Å². The summed E-state index contributed by atoms with van der Waals surface area (Å²) >= 11 is 7.79. The van der Waals surface area contributed by atoms with Gasteiger partial charge in [0.15, 0.2) is 0 Å². The number of rotatable bonds is 3. The maximum absolute atomic E-state index is 6.03. The maximum Gasteiger partial charge on any atom is 0.0945 e. The summed E-state index contributed by atoms with van der Waals surface area (Å²) in [4.78, 5) is 5.74. The summed E-state index contributed by atoms with van der Waals surface area (Å²) in [5.74, 6) is 0. The second kappa shape index (κ2) is 4.24. The molecule has 1 rings (SSSR count). The van der Waals surface area contributed by atoms with Gasteiger partial charge < -0.3 is 0 Å². The normalized spacial score (nSPS) is 13.3. The van der Waals surface area contributed by atoms with Crippen LogP contribution in [0.25, 0.3) is 0 Å². The first kappa shape index (κ1) is 10.0. The zero-order valence-electron chi connectivity index (χ0n) is 7.72. The van der Waals surface area contributed by atoms with E-state index in [0.717, 1.165) is 18.5 Å². The molecule has 3 heteroatoms. The molecule has 0 saturated carbocycles. The van der Waals surface area contributed by atoms with Gasteiger partial charge in [-0.15, -0.1) is 22.9 Å². The fourth-order valence-electron chi connectivity index (χ4n) is 0.960. The molecule has 0 bridgehead atoms. The van der Waals surface area contributed by atoms with E-state index < -0.39 is 0 Å². The molecule has 1 aromatic rings. The first-order valence-corrected chi connectivity index (χ1v) is 5.45. The molecule has 1 heterocycles. The predicted octanol–water partition coefficient (Wildman–Crippen LogP) is 3.32. The van der Waals surface area contributed by atoms with E-state index in [-0.39, 0.29) is 5.38 Å². The average molecular weight is 204 g/mol. The minimum atomic E-state index is 0.245. The van der Waals surface area contributed by atoms with Crippen molar-refractivity contribution in [3.63, 3.8) is 0 Å². The number of hydrogen-bond donors (Lipinski definition) is 0. The van der Waals surface area contributed by atoms with E-state index in [2.05, 4.69) is 18.8 Å². The van der Waals surface area contributed by atoms with Gasteiger partial charge in [-0.3, -0.25) is 0 Å². The summed E-state index contributed by atoms with van der Waals surface area (Å²) in [6.45, 7) is 6.25. The standard InChI is InChI=1S/C9H14ClNS/c1-4-8(10)5-9-11-6(2)7(3)12-9/h8H,4-5H2,1-3H3. The van der Waals surface area contributed by atoms with Gasteiger partial charge in [-0.25, -0.2) is 4.98 Å². The van der Waals surface area contributed by atoms with Crippen molar-refractivity contribution < 1.29 is 0 Å². The molecule has 0 spiro atoms. The van der Waals surface area contributed by atoms with Crippen molar-refractivity contribution in [2.75, 3.05) is 0 Å². The molecular formula is C9H14ClNS. The molecule has 68 valence electrons. The Balaban J connectivity index is 2.64. The van der Waals surface area contributed by atoms with Gasteiger partial charge in [-0.05, 0) is 20.3 Å². The fraction of sp³-hybridized carbons (Fsp3) is 0.667. The van der Waals surface area contributed by atoms with Gasteiger partial charge in [-0.2, -0.15) is 0 Å². The first-order valence-electron chi connectivity index (χ1n) is 4.20. The Hall–Kier alpha value is -0.0800. The third kappa shape index (κ3) is 2.46. The van der Waals surface area contributed by atoms with Crippen LogP contribution < -0.4 is 0 Å². The Kier molecular flexibility index (Phi) is 3.53. The van der Waals surface area contributed by atoms with Crippen LogP contribution in [0.15, 0.2) is 0 Å². The van der Waals surface area contributed by atoms with Gasteiger partial charge >= 0.3 is 0 Å². The molecule has 1 unspecified atom stereocenters.